The molecule has 2 heteroatoms. The molecule has 0 radical (unpaired) electrons. The Balaban J connectivity index is 1.92. The average Bonchev–Trinajstić information content (AvgIpc) is 2.63. The maximum absolute atomic E-state index is 7.12. The van der Waals surface area contributed by atoms with Crippen molar-refractivity contribution in [1.29, 1.82) is 5.41 Å². The second-order valence-electron chi connectivity index (χ2n) is 5.31. The zero-order valence-electron chi connectivity index (χ0n) is 12.7. The third-order valence-electron chi connectivity index (χ3n) is 3.78. The van der Waals surface area contributed by atoms with Crippen LogP contribution in [0.25, 0.3) is 28.0 Å². The van der Waals surface area contributed by atoms with E-state index in [2.05, 4.69) is 42.5 Å². The summed E-state index contributed by atoms with van der Waals surface area (Å²) in [7, 11) is 0. The van der Waals surface area contributed by atoms with Gasteiger partial charge < -0.3 is 11.1 Å². The molecule has 0 unspecified atom stereocenters. The maximum Gasteiger partial charge on any atom is 0.0403 e. The summed E-state index contributed by atoms with van der Waals surface area (Å²) in [5.41, 5.74) is 12.2. The van der Waals surface area contributed by atoms with Gasteiger partial charge in [-0.1, -0.05) is 72.8 Å². The molecular formula is C21H18N2. The van der Waals surface area contributed by atoms with Crippen LogP contribution in [0.15, 0.2) is 84.9 Å². The predicted octanol–water partition coefficient (Wildman–Crippen LogP) is 4.97. The SMILES string of the molecule is N=C/C=C(\N)c1cccc(-c2ccc(-c3ccccc3)cc2)c1. The van der Waals surface area contributed by atoms with E-state index in [0.717, 1.165) is 16.7 Å². The van der Waals surface area contributed by atoms with Gasteiger partial charge in [-0.25, -0.2) is 0 Å². The van der Waals surface area contributed by atoms with E-state index < -0.39 is 0 Å². The van der Waals surface area contributed by atoms with E-state index >= 15 is 0 Å². The third-order valence-corrected chi connectivity index (χ3v) is 3.78. The molecule has 3 rings (SSSR count). The van der Waals surface area contributed by atoms with E-state index in [9.17, 15) is 0 Å². The molecule has 0 saturated heterocycles. The van der Waals surface area contributed by atoms with Crippen molar-refractivity contribution in [2.24, 2.45) is 5.73 Å². The van der Waals surface area contributed by atoms with E-state index in [0.29, 0.717) is 5.70 Å². The number of hydrogen-bond donors (Lipinski definition) is 2. The molecule has 0 aliphatic carbocycles. The van der Waals surface area contributed by atoms with E-state index in [1.807, 2.05) is 36.4 Å². The highest BCUT2D eigenvalue weighted by molar-refractivity contribution is 5.83. The van der Waals surface area contributed by atoms with Gasteiger partial charge in [0.2, 0.25) is 0 Å². The van der Waals surface area contributed by atoms with E-state index in [1.165, 1.54) is 17.3 Å². The van der Waals surface area contributed by atoms with Crippen LogP contribution in [-0.2, 0) is 0 Å². The quantitative estimate of drug-likeness (QED) is 0.656. The summed E-state index contributed by atoms with van der Waals surface area (Å²) in [5.74, 6) is 0. The Morgan fingerprint density at radius 1 is 0.696 bits per heavy atom. The summed E-state index contributed by atoms with van der Waals surface area (Å²) < 4.78 is 0. The zero-order valence-corrected chi connectivity index (χ0v) is 12.7. The monoisotopic (exact) mass is 298 g/mol. The molecule has 0 aliphatic heterocycles. The molecule has 0 aliphatic rings. The Kier molecular flexibility index (Phi) is 4.34. The largest absolute Gasteiger partial charge is 0.398 e. The molecule has 0 spiro atoms. The fourth-order valence-corrected chi connectivity index (χ4v) is 2.55. The number of nitrogens with one attached hydrogen (secondary N) is 1. The van der Waals surface area contributed by atoms with Gasteiger partial charge in [0.1, 0.15) is 0 Å². The van der Waals surface area contributed by atoms with Gasteiger partial charge in [-0.3, -0.25) is 0 Å². The zero-order chi connectivity index (χ0) is 16.1. The molecular weight excluding hydrogens is 280 g/mol. The molecule has 2 nitrogen and oxygen atoms in total. The topological polar surface area (TPSA) is 49.9 Å². The Hall–Kier alpha value is -3.13. The first-order chi connectivity index (χ1) is 11.3. The van der Waals surface area contributed by atoms with Crippen LogP contribution in [0.2, 0.25) is 0 Å². The van der Waals surface area contributed by atoms with Crippen LogP contribution in [-0.4, -0.2) is 6.21 Å². The Bertz CT molecular complexity index is 831. The van der Waals surface area contributed by atoms with Crippen LogP contribution < -0.4 is 5.73 Å². The van der Waals surface area contributed by atoms with Crippen molar-refractivity contribution in [2.45, 2.75) is 0 Å². The van der Waals surface area contributed by atoms with E-state index in [1.54, 1.807) is 6.08 Å². The first-order valence-corrected chi connectivity index (χ1v) is 7.50. The second kappa shape index (κ2) is 6.75. The highest BCUT2D eigenvalue weighted by Gasteiger charge is 2.02. The molecule has 0 atom stereocenters. The van der Waals surface area contributed by atoms with Crippen LogP contribution in [0.1, 0.15) is 5.56 Å². The highest BCUT2D eigenvalue weighted by Crippen LogP contribution is 2.26. The van der Waals surface area contributed by atoms with Crippen molar-refractivity contribution in [3.63, 3.8) is 0 Å². The lowest BCUT2D eigenvalue weighted by Gasteiger charge is -2.07. The lowest BCUT2D eigenvalue weighted by molar-refractivity contribution is 1.50. The van der Waals surface area contributed by atoms with Crippen LogP contribution in [0.3, 0.4) is 0 Å². The molecule has 3 N–H and O–H groups in total. The van der Waals surface area contributed by atoms with E-state index in [-0.39, 0.29) is 0 Å². The summed E-state index contributed by atoms with van der Waals surface area (Å²) in [6.07, 6.45) is 2.80. The van der Waals surface area contributed by atoms with E-state index in [4.69, 9.17) is 11.1 Å². The van der Waals surface area contributed by atoms with Crippen molar-refractivity contribution in [2.75, 3.05) is 0 Å². The van der Waals surface area contributed by atoms with Crippen molar-refractivity contribution < 1.29 is 0 Å². The molecule has 0 bridgehead atoms. The van der Waals surface area contributed by atoms with Gasteiger partial charge in [-0.2, -0.15) is 0 Å². The number of nitrogens with two attached hydrogens (primary N) is 1. The number of benzene rings is 3. The number of rotatable bonds is 4. The van der Waals surface area contributed by atoms with Gasteiger partial charge in [0.05, 0.1) is 0 Å². The summed E-state index contributed by atoms with van der Waals surface area (Å²) >= 11 is 0. The minimum atomic E-state index is 0.600. The predicted molar refractivity (Wildman–Crippen MR) is 98.3 cm³/mol. The first-order valence-electron chi connectivity index (χ1n) is 7.50. The molecule has 0 saturated carbocycles. The summed E-state index contributed by atoms with van der Waals surface area (Å²) in [6.45, 7) is 0. The summed E-state index contributed by atoms with van der Waals surface area (Å²) in [5, 5.41) is 7.12. The Labute approximate surface area is 136 Å². The van der Waals surface area contributed by atoms with Crippen LogP contribution >= 0.6 is 0 Å². The molecule has 112 valence electrons. The molecule has 3 aromatic carbocycles. The van der Waals surface area contributed by atoms with Gasteiger partial charge >= 0.3 is 0 Å². The van der Waals surface area contributed by atoms with Crippen LogP contribution in [0.4, 0.5) is 0 Å². The lowest BCUT2D eigenvalue weighted by atomic mass is 9.98. The van der Waals surface area contributed by atoms with Crippen LogP contribution in [0.5, 0.6) is 0 Å². The van der Waals surface area contributed by atoms with Gasteiger partial charge in [-0.15, -0.1) is 0 Å². The minimum absolute atomic E-state index is 0.600. The third kappa shape index (κ3) is 3.38. The van der Waals surface area contributed by atoms with Crippen LogP contribution in [0, 0.1) is 5.41 Å². The first kappa shape index (κ1) is 14.8. The summed E-state index contributed by atoms with van der Waals surface area (Å²) in [6, 6.07) is 26.9. The molecule has 0 heterocycles. The minimum Gasteiger partial charge on any atom is -0.398 e. The van der Waals surface area contributed by atoms with Crippen molar-refractivity contribution >= 4 is 11.9 Å². The smallest absolute Gasteiger partial charge is 0.0403 e. The standard InChI is InChI=1S/C21H18N2/c22-14-13-21(23)20-8-4-7-19(15-20)18-11-9-17(10-12-18)16-5-2-1-3-6-16/h1-15,22H,23H2/b21-13-,22-14?. The van der Waals surface area contributed by atoms with Crippen molar-refractivity contribution in [3.05, 3.63) is 90.5 Å². The Morgan fingerprint density at radius 3 is 1.91 bits per heavy atom. The van der Waals surface area contributed by atoms with Gasteiger partial charge in [-0.05, 0) is 40.0 Å². The fourth-order valence-electron chi connectivity index (χ4n) is 2.55. The second-order valence-corrected chi connectivity index (χ2v) is 5.31. The molecule has 0 fully saturated rings. The van der Waals surface area contributed by atoms with Gasteiger partial charge in [0.25, 0.3) is 0 Å². The summed E-state index contributed by atoms with van der Waals surface area (Å²) in [4.78, 5) is 0. The Morgan fingerprint density at radius 2 is 1.26 bits per heavy atom. The van der Waals surface area contributed by atoms with Gasteiger partial charge in [0.15, 0.2) is 0 Å². The van der Waals surface area contributed by atoms with Crippen molar-refractivity contribution in [3.8, 4) is 22.3 Å². The maximum atomic E-state index is 7.12. The molecule has 23 heavy (non-hydrogen) atoms. The number of hydrogen-bond acceptors (Lipinski definition) is 2. The average molecular weight is 298 g/mol. The van der Waals surface area contributed by atoms with Gasteiger partial charge in [0, 0.05) is 11.9 Å². The number of allylic oxidation sites excluding steroid dienone is 1. The molecule has 3 aromatic rings. The fraction of sp³-hybridized carbons (Fsp3) is 0. The van der Waals surface area contributed by atoms with Crippen molar-refractivity contribution in [1.82, 2.24) is 0 Å². The lowest BCUT2D eigenvalue weighted by Crippen LogP contribution is -1.96. The normalized spacial score (nSPS) is 11.2. The highest BCUT2D eigenvalue weighted by atomic mass is 14.6. The molecule has 0 aromatic heterocycles. The molecule has 0 amide bonds.